The van der Waals surface area contributed by atoms with Crippen molar-refractivity contribution >= 4 is 45.8 Å². The summed E-state index contributed by atoms with van der Waals surface area (Å²) in [6.45, 7) is 7.69. The zero-order valence-electron chi connectivity index (χ0n) is 33.8. The van der Waals surface area contributed by atoms with Gasteiger partial charge in [0.05, 0.1) is 50.2 Å². The smallest absolute Gasteiger partial charge is 0.407 e. The third kappa shape index (κ3) is 8.98. The van der Waals surface area contributed by atoms with Gasteiger partial charge in [0.25, 0.3) is 0 Å². The van der Waals surface area contributed by atoms with Crippen LogP contribution >= 0.6 is 0 Å². The lowest BCUT2D eigenvalue weighted by Gasteiger charge is -2.28. The van der Waals surface area contributed by atoms with E-state index in [0.717, 1.165) is 61.9 Å². The van der Waals surface area contributed by atoms with Gasteiger partial charge in [0.2, 0.25) is 11.8 Å². The standard InChI is InChI=1S/C44H48N8O7/c1-6-16-51(39(53)21-46-43(55)57-4)24-38-47-34-15-13-28-18-33-31-14-12-29(17-30(31)25-59-36(33)19-32(28)41(34)49-38)35-20-45-37(48-35)23-52(22-26(2)3)42(54)40(50-44(56)58-5)27-10-8-7-9-11-27/h7-15,17-20,26,40H,6,16,21-25H2,1-5H3,(H,45,48)(H,46,55)(H,47,49)(H,50,56)/t40-/m1/s1. The number of fused-ring (bicyclic) bond motifs is 6. The van der Waals surface area contributed by atoms with Crippen LogP contribution in [0.15, 0.2) is 79.0 Å². The van der Waals surface area contributed by atoms with Crippen molar-refractivity contribution in [2.24, 2.45) is 5.92 Å². The molecule has 0 spiro atoms. The Hall–Kier alpha value is -6.90. The molecule has 0 saturated heterocycles. The maximum atomic E-state index is 14.0. The molecule has 15 heteroatoms. The molecule has 2 aromatic heterocycles. The van der Waals surface area contributed by atoms with Crippen molar-refractivity contribution in [2.45, 2.75) is 52.9 Å². The zero-order valence-corrected chi connectivity index (χ0v) is 33.8. The van der Waals surface area contributed by atoms with E-state index in [9.17, 15) is 19.2 Å². The van der Waals surface area contributed by atoms with E-state index in [2.05, 4.69) is 48.5 Å². The van der Waals surface area contributed by atoms with Crippen LogP contribution in [0.2, 0.25) is 0 Å². The molecule has 59 heavy (non-hydrogen) atoms. The van der Waals surface area contributed by atoms with Crippen LogP contribution in [0.4, 0.5) is 9.59 Å². The maximum Gasteiger partial charge on any atom is 0.407 e. The number of carbonyl (C=O) groups excluding carboxylic acids is 4. The lowest BCUT2D eigenvalue weighted by atomic mass is 9.92. The summed E-state index contributed by atoms with van der Waals surface area (Å²) >= 11 is 0. The molecule has 0 unspecified atom stereocenters. The second kappa shape index (κ2) is 17.7. The largest absolute Gasteiger partial charge is 0.488 e. The molecule has 0 aliphatic carbocycles. The van der Waals surface area contributed by atoms with Crippen LogP contribution in [0.1, 0.15) is 56.0 Å². The molecule has 6 aromatic rings. The summed E-state index contributed by atoms with van der Waals surface area (Å²) < 4.78 is 15.8. The molecule has 1 atom stereocenters. The summed E-state index contributed by atoms with van der Waals surface area (Å²) in [4.78, 5) is 70.4. The molecule has 4 aromatic carbocycles. The van der Waals surface area contributed by atoms with E-state index in [0.29, 0.717) is 36.9 Å². The Morgan fingerprint density at radius 3 is 2.41 bits per heavy atom. The molecule has 7 rings (SSSR count). The number of ether oxygens (including phenoxy) is 3. The van der Waals surface area contributed by atoms with E-state index >= 15 is 0 Å². The summed E-state index contributed by atoms with van der Waals surface area (Å²) in [6, 6.07) is 22.6. The highest BCUT2D eigenvalue weighted by Gasteiger charge is 2.29. The number of nitrogens with one attached hydrogen (secondary N) is 4. The molecule has 3 heterocycles. The number of benzene rings is 4. The first-order chi connectivity index (χ1) is 28.5. The number of amides is 4. The van der Waals surface area contributed by atoms with Gasteiger partial charge in [0, 0.05) is 24.0 Å². The normalized spacial score (nSPS) is 12.3. The summed E-state index contributed by atoms with van der Waals surface area (Å²) in [5.74, 6) is 1.66. The average molecular weight is 801 g/mol. The van der Waals surface area contributed by atoms with Crippen molar-refractivity contribution in [3.63, 3.8) is 0 Å². The number of methoxy groups -OCH3 is 2. The summed E-state index contributed by atoms with van der Waals surface area (Å²) in [5.41, 5.74) is 7.06. The van der Waals surface area contributed by atoms with Gasteiger partial charge in [-0.3, -0.25) is 9.59 Å². The van der Waals surface area contributed by atoms with Gasteiger partial charge in [-0.2, -0.15) is 0 Å². The van der Waals surface area contributed by atoms with Crippen molar-refractivity contribution in [3.8, 4) is 28.1 Å². The summed E-state index contributed by atoms with van der Waals surface area (Å²) in [6.07, 6.45) is 1.16. The molecule has 15 nitrogen and oxygen atoms in total. The van der Waals surface area contributed by atoms with Crippen LogP contribution in [-0.4, -0.2) is 87.6 Å². The topological polar surface area (TPSA) is 184 Å². The minimum absolute atomic E-state index is 0.161. The van der Waals surface area contributed by atoms with Crippen LogP contribution in [0.25, 0.3) is 44.2 Å². The highest BCUT2D eigenvalue weighted by Crippen LogP contribution is 2.42. The monoisotopic (exact) mass is 800 g/mol. The second-order valence-corrected chi connectivity index (χ2v) is 14.9. The van der Waals surface area contributed by atoms with E-state index in [4.69, 9.17) is 14.5 Å². The van der Waals surface area contributed by atoms with Crippen molar-refractivity contribution in [1.29, 1.82) is 0 Å². The van der Waals surface area contributed by atoms with Crippen LogP contribution in [0.3, 0.4) is 0 Å². The number of hydrogen-bond donors (Lipinski definition) is 4. The predicted molar refractivity (Wildman–Crippen MR) is 222 cm³/mol. The number of H-pyrrole nitrogens is 2. The van der Waals surface area contributed by atoms with Crippen molar-refractivity contribution in [1.82, 2.24) is 40.4 Å². The first-order valence-electron chi connectivity index (χ1n) is 19.6. The van der Waals surface area contributed by atoms with E-state index in [1.54, 1.807) is 28.1 Å². The number of aromatic amines is 2. The number of rotatable bonds is 14. The fourth-order valence-corrected chi connectivity index (χ4v) is 7.40. The Labute approximate surface area is 341 Å². The van der Waals surface area contributed by atoms with Gasteiger partial charge in [-0.05, 0) is 64.2 Å². The van der Waals surface area contributed by atoms with Crippen molar-refractivity contribution in [3.05, 3.63) is 102 Å². The highest BCUT2D eigenvalue weighted by atomic mass is 16.5. The third-order valence-electron chi connectivity index (χ3n) is 10.2. The summed E-state index contributed by atoms with van der Waals surface area (Å²) in [7, 11) is 2.53. The second-order valence-electron chi connectivity index (χ2n) is 14.9. The molecule has 1 aliphatic rings. The van der Waals surface area contributed by atoms with E-state index in [1.807, 2.05) is 63.2 Å². The first kappa shape index (κ1) is 40.3. The Bertz CT molecular complexity index is 2500. The molecule has 1 aliphatic heterocycles. The molecule has 0 radical (unpaired) electrons. The maximum absolute atomic E-state index is 14.0. The Kier molecular flexibility index (Phi) is 12.1. The van der Waals surface area contributed by atoms with Crippen molar-refractivity contribution in [2.75, 3.05) is 33.9 Å². The Morgan fingerprint density at radius 2 is 1.66 bits per heavy atom. The number of nitrogens with zero attached hydrogens (tertiary/aromatic N) is 4. The number of aromatic nitrogens is 4. The lowest BCUT2D eigenvalue weighted by Crippen LogP contribution is -2.44. The van der Waals surface area contributed by atoms with E-state index < -0.39 is 18.2 Å². The molecule has 4 N–H and O–H groups in total. The molecular formula is C44H48N8O7. The van der Waals surface area contributed by atoms with Gasteiger partial charge in [0.1, 0.15) is 36.6 Å². The molecular weight excluding hydrogens is 753 g/mol. The average Bonchev–Trinajstić information content (AvgIpc) is 3.90. The first-order valence-corrected chi connectivity index (χ1v) is 19.6. The Morgan fingerprint density at radius 1 is 0.881 bits per heavy atom. The van der Waals surface area contributed by atoms with Gasteiger partial charge < -0.3 is 44.6 Å². The van der Waals surface area contributed by atoms with E-state index in [-0.39, 0.29) is 37.4 Å². The molecule has 0 bridgehead atoms. The molecule has 0 saturated carbocycles. The van der Waals surface area contributed by atoms with Crippen LogP contribution < -0.4 is 15.4 Å². The molecule has 306 valence electrons. The highest BCUT2D eigenvalue weighted by molar-refractivity contribution is 6.07. The number of alkyl carbamates (subject to hydrolysis) is 2. The molecule has 0 fully saturated rings. The Balaban J connectivity index is 1.10. The number of hydrogen-bond acceptors (Lipinski definition) is 9. The van der Waals surface area contributed by atoms with Gasteiger partial charge in [-0.15, -0.1) is 0 Å². The zero-order chi connectivity index (χ0) is 41.6. The van der Waals surface area contributed by atoms with Gasteiger partial charge in [0.15, 0.2) is 0 Å². The minimum Gasteiger partial charge on any atom is -0.488 e. The van der Waals surface area contributed by atoms with Crippen LogP contribution in [-0.2, 0) is 38.8 Å². The summed E-state index contributed by atoms with van der Waals surface area (Å²) in [5, 5.41) is 7.12. The third-order valence-corrected chi connectivity index (χ3v) is 10.2. The minimum atomic E-state index is -0.928. The fraction of sp³-hybridized carbons (Fsp3) is 0.318. The number of imidazole rings is 2. The van der Waals surface area contributed by atoms with Crippen molar-refractivity contribution < 1.29 is 33.4 Å². The SMILES string of the molecule is CCCN(Cc1nc2ccc3cc4c(cc3c2[nH]1)OCc1cc(-c2cnc(CN(CC(C)C)C(=O)[C@H](NC(=O)OC)c3ccccc3)[nH]2)ccc1-4)C(=O)CNC(=O)OC. The van der Waals surface area contributed by atoms with E-state index in [1.165, 1.54) is 14.2 Å². The van der Waals surface area contributed by atoms with Crippen LogP contribution in [0.5, 0.6) is 5.75 Å². The number of carbonyl (C=O) groups is 4. The fourth-order valence-electron chi connectivity index (χ4n) is 7.40. The molecule has 4 amide bonds. The van der Waals surface area contributed by atoms with Gasteiger partial charge >= 0.3 is 12.2 Å². The predicted octanol–water partition coefficient (Wildman–Crippen LogP) is 6.84. The lowest BCUT2D eigenvalue weighted by molar-refractivity contribution is -0.135. The van der Waals surface area contributed by atoms with Gasteiger partial charge in [-0.1, -0.05) is 69.3 Å². The van der Waals surface area contributed by atoms with Crippen LogP contribution in [0, 0.1) is 5.92 Å². The van der Waals surface area contributed by atoms with Gasteiger partial charge in [-0.25, -0.2) is 19.6 Å². The quantitative estimate of drug-likeness (QED) is 0.0916.